The van der Waals surface area contributed by atoms with Crippen molar-refractivity contribution >= 4 is 28.7 Å². The summed E-state index contributed by atoms with van der Waals surface area (Å²) in [5.41, 5.74) is 1.33. The van der Waals surface area contributed by atoms with Gasteiger partial charge in [0.25, 0.3) is 0 Å². The second kappa shape index (κ2) is 9.87. The molecule has 4 nitrogen and oxygen atoms in total. The Labute approximate surface area is 159 Å². The Balaban J connectivity index is 1.46. The number of thiocarbonyl (C=S) groups is 1. The Bertz CT molecular complexity index is 627. The van der Waals surface area contributed by atoms with E-state index < -0.39 is 0 Å². The number of hydrogen-bond acceptors (Lipinski definition) is 3. The number of morpholine rings is 1. The normalized spacial score (nSPS) is 16.3. The van der Waals surface area contributed by atoms with Gasteiger partial charge < -0.3 is 20.3 Å². The van der Waals surface area contributed by atoms with Gasteiger partial charge in [0.2, 0.25) is 0 Å². The summed E-state index contributed by atoms with van der Waals surface area (Å²) in [6.45, 7) is 5.50. The van der Waals surface area contributed by atoms with Gasteiger partial charge in [0.1, 0.15) is 19.1 Å². The van der Waals surface area contributed by atoms with Crippen LogP contribution in [-0.2, 0) is 11.2 Å². The van der Waals surface area contributed by atoms with E-state index in [2.05, 4.69) is 52.4 Å². The minimum absolute atomic E-state index is 0.428. The molecule has 1 aliphatic heterocycles. The van der Waals surface area contributed by atoms with Crippen molar-refractivity contribution in [1.82, 2.24) is 10.6 Å². The van der Waals surface area contributed by atoms with Crippen molar-refractivity contribution in [2.75, 3.05) is 39.4 Å². The number of hydrogen-bond donors (Lipinski definition) is 3. The highest BCUT2D eigenvalue weighted by atomic mass is 32.1. The molecular formula is C19H26N3OS2+. The molecule has 0 unspecified atom stereocenters. The summed E-state index contributed by atoms with van der Waals surface area (Å²) in [6.07, 6.45) is 0.978. The van der Waals surface area contributed by atoms with Gasteiger partial charge in [-0.1, -0.05) is 36.4 Å². The summed E-state index contributed by atoms with van der Waals surface area (Å²) >= 11 is 7.29. The lowest BCUT2D eigenvalue weighted by Gasteiger charge is -2.31. The molecule has 0 spiro atoms. The lowest BCUT2D eigenvalue weighted by molar-refractivity contribution is -0.937. The number of thiophene rings is 1. The highest BCUT2D eigenvalue weighted by molar-refractivity contribution is 7.80. The number of ether oxygens (including phenoxy) is 1. The number of nitrogens with one attached hydrogen (secondary N) is 3. The van der Waals surface area contributed by atoms with E-state index in [9.17, 15) is 0 Å². The Hall–Kier alpha value is -1.47. The van der Waals surface area contributed by atoms with E-state index in [-0.39, 0.29) is 0 Å². The Morgan fingerprint density at radius 3 is 2.64 bits per heavy atom. The molecule has 2 aromatic rings. The van der Waals surface area contributed by atoms with Gasteiger partial charge in [-0.15, -0.1) is 11.3 Å². The summed E-state index contributed by atoms with van der Waals surface area (Å²) in [4.78, 5) is 2.99. The fourth-order valence-corrected chi connectivity index (χ4v) is 4.21. The Kier molecular flexibility index (Phi) is 7.23. The molecule has 2 heterocycles. The molecular weight excluding hydrogens is 350 g/mol. The van der Waals surface area contributed by atoms with Gasteiger partial charge in [-0.2, -0.15) is 0 Å². The summed E-state index contributed by atoms with van der Waals surface area (Å²) in [5, 5.41) is 9.64. The molecule has 0 saturated carbocycles. The van der Waals surface area contributed by atoms with Gasteiger partial charge in [-0.3, -0.25) is 0 Å². The predicted octanol–water partition coefficient (Wildman–Crippen LogP) is 1.41. The van der Waals surface area contributed by atoms with Crippen LogP contribution in [-0.4, -0.2) is 44.5 Å². The molecule has 6 heteroatoms. The van der Waals surface area contributed by atoms with Crippen LogP contribution < -0.4 is 15.5 Å². The molecule has 1 fully saturated rings. The summed E-state index contributed by atoms with van der Waals surface area (Å²) in [6, 6.07) is 15.3. The Morgan fingerprint density at radius 1 is 1.12 bits per heavy atom. The van der Waals surface area contributed by atoms with Crippen LogP contribution in [0.1, 0.15) is 16.5 Å². The predicted molar refractivity (Wildman–Crippen MR) is 107 cm³/mol. The van der Waals surface area contributed by atoms with Gasteiger partial charge in [0, 0.05) is 6.54 Å². The van der Waals surface area contributed by atoms with Crippen LogP contribution in [0.5, 0.6) is 0 Å². The first-order valence-electron chi connectivity index (χ1n) is 8.84. The van der Waals surface area contributed by atoms with E-state index in [1.165, 1.54) is 10.4 Å². The summed E-state index contributed by atoms with van der Waals surface area (Å²) in [7, 11) is 0. The summed E-state index contributed by atoms with van der Waals surface area (Å²) in [5.74, 6) is 0. The lowest BCUT2D eigenvalue weighted by Crippen LogP contribution is -3.15. The first-order valence-corrected chi connectivity index (χ1v) is 10.1. The van der Waals surface area contributed by atoms with Crippen LogP contribution in [0.15, 0.2) is 47.8 Å². The maximum atomic E-state index is 5.51. The zero-order valence-electron chi connectivity index (χ0n) is 14.4. The molecule has 1 aliphatic rings. The summed E-state index contributed by atoms with van der Waals surface area (Å²) < 4.78 is 5.51. The first kappa shape index (κ1) is 18.3. The number of rotatable bonds is 7. The van der Waals surface area contributed by atoms with Crippen molar-refractivity contribution in [2.24, 2.45) is 0 Å². The molecule has 134 valence electrons. The van der Waals surface area contributed by atoms with Gasteiger partial charge in [0.15, 0.2) is 5.11 Å². The quantitative estimate of drug-likeness (QED) is 0.639. The van der Waals surface area contributed by atoms with Gasteiger partial charge in [-0.25, -0.2) is 0 Å². The Morgan fingerprint density at radius 2 is 1.92 bits per heavy atom. The van der Waals surface area contributed by atoms with Gasteiger partial charge in [-0.05, 0) is 35.6 Å². The molecule has 1 saturated heterocycles. The number of quaternary nitrogens is 1. The van der Waals surface area contributed by atoms with E-state index in [4.69, 9.17) is 17.0 Å². The first-order chi connectivity index (χ1) is 12.3. The van der Waals surface area contributed by atoms with Crippen LogP contribution in [0.25, 0.3) is 0 Å². The second-order valence-corrected chi connectivity index (χ2v) is 7.60. The monoisotopic (exact) mass is 376 g/mol. The molecule has 3 rings (SSSR count). The third-order valence-corrected chi connectivity index (χ3v) is 5.80. The van der Waals surface area contributed by atoms with E-state index in [0.29, 0.717) is 6.04 Å². The second-order valence-electron chi connectivity index (χ2n) is 6.21. The van der Waals surface area contributed by atoms with Crippen molar-refractivity contribution in [3.63, 3.8) is 0 Å². The minimum Gasteiger partial charge on any atom is -0.370 e. The van der Waals surface area contributed by atoms with Gasteiger partial charge >= 0.3 is 0 Å². The van der Waals surface area contributed by atoms with Crippen molar-refractivity contribution in [3.05, 3.63) is 58.3 Å². The van der Waals surface area contributed by atoms with E-state index >= 15 is 0 Å². The van der Waals surface area contributed by atoms with Crippen LogP contribution in [0.2, 0.25) is 0 Å². The van der Waals surface area contributed by atoms with Crippen LogP contribution >= 0.6 is 23.6 Å². The zero-order chi connectivity index (χ0) is 17.3. The van der Waals surface area contributed by atoms with Crippen LogP contribution in [0.4, 0.5) is 0 Å². The molecule has 0 radical (unpaired) electrons. The third-order valence-electron chi connectivity index (χ3n) is 4.52. The van der Waals surface area contributed by atoms with E-state index in [1.54, 1.807) is 4.90 Å². The molecule has 0 aliphatic carbocycles. The SMILES string of the molecule is S=C(NCCc1ccccc1)NC[C@@H](c1cccs1)[NH+]1CCOCC1. The molecule has 1 atom stereocenters. The molecule has 0 bridgehead atoms. The smallest absolute Gasteiger partial charge is 0.166 e. The highest BCUT2D eigenvalue weighted by Crippen LogP contribution is 2.16. The largest absolute Gasteiger partial charge is 0.370 e. The molecule has 25 heavy (non-hydrogen) atoms. The van der Waals surface area contributed by atoms with Crippen molar-refractivity contribution < 1.29 is 9.64 Å². The topological polar surface area (TPSA) is 37.7 Å². The van der Waals surface area contributed by atoms with Gasteiger partial charge in [0.05, 0.1) is 24.6 Å². The minimum atomic E-state index is 0.428. The van der Waals surface area contributed by atoms with Crippen molar-refractivity contribution in [2.45, 2.75) is 12.5 Å². The fraction of sp³-hybridized carbons (Fsp3) is 0.421. The molecule has 1 aromatic carbocycles. The third kappa shape index (κ3) is 5.78. The van der Waals surface area contributed by atoms with E-state index in [0.717, 1.165) is 50.9 Å². The average molecular weight is 377 g/mol. The number of benzene rings is 1. The van der Waals surface area contributed by atoms with Crippen LogP contribution in [0, 0.1) is 0 Å². The molecule has 0 amide bonds. The average Bonchev–Trinajstić information content (AvgIpc) is 3.18. The standard InChI is InChI=1S/C19H25N3OS2/c24-19(20-9-8-16-5-2-1-3-6-16)21-15-17(18-7-4-14-25-18)22-10-12-23-13-11-22/h1-7,14,17H,8-13,15H2,(H2,20,21,24)/p+1/t17-/m0/s1. The highest BCUT2D eigenvalue weighted by Gasteiger charge is 2.27. The van der Waals surface area contributed by atoms with Crippen molar-refractivity contribution in [1.29, 1.82) is 0 Å². The maximum absolute atomic E-state index is 5.51. The lowest BCUT2D eigenvalue weighted by atomic mass is 10.1. The van der Waals surface area contributed by atoms with Crippen molar-refractivity contribution in [3.8, 4) is 0 Å². The van der Waals surface area contributed by atoms with E-state index in [1.807, 2.05) is 17.4 Å². The maximum Gasteiger partial charge on any atom is 0.166 e. The van der Waals surface area contributed by atoms with Crippen LogP contribution in [0.3, 0.4) is 0 Å². The fourth-order valence-electron chi connectivity index (χ4n) is 3.14. The molecule has 3 N–H and O–H groups in total. The molecule has 1 aromatic heterocycles. The zero-order valence-corrected chi connectivity index (χ0v) is 16.0.